The first kappa shape index (κ1) is 50.6. The van der Waals surface area contributed by atoms with E-state index in [1.807, 2.05) is 0 Å². The van der Waals surface area contributed by atoms with E-state index in [9.17, 15) is 0 Å². The third kappa shape index (κ3) is 8.27. The number of fused-ring (bicyclic) bond motifs is 7. The maximum absolute atomic E-state index is 2.80. The molecular weight excluding hydrogens is 1030 g/mol. The molecule has 12 aromatic carbocycles. The van der Waals surface area contributed by atoms with E-state index in [1.165, 1.54) is 113 Å². The number of benzene rings is 12. The molecule has 4 aliphatic rings. The molecule has 0 N–H and O–H groups in total. The Morgan fingerprint density at radius 3 is 1.39 bits per heavy atom. The summed E-state index contributed by atoms with van der Waals surface area (Å²) in [6.07, 6.45) is 4.50. The summed E-state index contributed by atoms with van der Waals surface area (Å²) in [6.45, 7) is 5.05. The first-order valence-electron chi connectivity index (χ1n) is 30.2. The van der Waals surface area contributed by atoms with Crippen molar-refractivity contribution < 1.29 is 0 Å². The standard InChI is InChI=1S/C80H63BN4/c1-79-48-21-22-49-80(79,2)85(73-47-44-68(53-70(73)79)82(64-33-17-7-18-34-64)65-35-19-8-20-36-65)69-54-76-78-77(55-69)84(67-37-23-32-61(50-67)57-26-11-4-12-27-57)75-52-63(59-30-15-6-16-31-59)40-45-71(75)81(78)72-51-62(58-28-13-5-14-29-58)41-46-74(72)83(76)66-42-38-60(39-43-66)56-24-9-3-10-25-56/h3-20,23-47,50-55H,21-22,48-49H2,1-2H3. The molecule has 1 saturated carbocycles. The largest absolute Gasteiger partial charge is 0.334 e. The third-order valence-electron chi connectivity index (χ3n) is 19.3. The van der Waals surface area contributed by atoms with Crippen molar-refractivity contribution in [1.29, 1.82) is 0 Å². The van der Waals surface area contributed by atoms with E-state index in [0.717, 1.165) is 42.0 Å². The molecule has 3 aliphatic heterocycles. The molecule has 0 radical (unpaired) electrons. The second-order valence-electron chi connectivity index (χ2n) is 24.0. The number of hydrogen-bond acceptors (Lipinski definition) is 4. The van der Waals surface area contributed by atoms with Crippen molar-refractivity contribution in [3.63, 3.8) is 0 Å². The first-order chi connectivity index (χ1) is 41.9. The van der Waals surface area contributed by atoms with Gasteiger partial charge in [-0.1, -0.05) is 226 Å². The minimum absolute atomic E-state index is 0.100. The van der Waals surface area contributed by atoms with Gasteiger partial charge in [-0.05, 0) is 177 Å². The highest BCUT2D eigenvalue weighted by Gasteiger charge is 2.58. The van der Waals surface area contributed by atoms with Crippen LogP contribution in [0.25, 0.3) is 44.5 Å². The zero-order valence-electron chi connectivity index (χ0n) is 48.0. The number of para-hydroxylation sites is 2. The second kappa shape index (κ2) is 20.4. The molecule has 5 heteroatoms. The number of anilines is 11. The molecule has 2 unspecified atom stereocenters. The van der Waals surface area contributed by atoms with Gasteiger partial charge in [0.05, 0.1) is 5.54 Å². The molecule has 12 aromatic rings. The molecule has 1 fully saturated rings. The van der Waals surface area contributed by atoms with Crippen LogP contribution in [0.15, 0.2) is 297 Å². The summed E-state index contributed by atoms with van der Waals surface area (Å²) in [5, 5.41) is 0. The Morgan fingerprint density at radius 2 is 0.788 bits per heavy atom. The van der Waals surface area contributed by atoms with Crippen molar-refractivity contribution in [2.75, 3.05) is 19.6 Å². The van der Waals surface area contributed by atoms with Gasteiger partial charge >= 0.3 is 0 Å². The summed E-state index contributed by atoms with van der Waals surface area (Å²) in [6, 6.07) is 111. The van der Waals surface area contributed by atoms with Crippen LogP contribution in [0.5, 0.6) is 0 Å². The molecule has 406 valence electrons. The van der Waals surface area contributed by atoms with Crippen LogP contribution >= 0.6 is 0 Å². The fraction of sp³-hybridized carbons (Fsp3) is 0.100. The normalized spacial score (nSPS) is 17.1. The molecule has 1 aliphatic carbocycles. The van der Waals surface area contributed by atoms with Crippen LogP contribution in [0, 0.1) is 0 Å². The highest BCUT2D eigenvalue weighted by Crippen LogP contribution is 2.63. The molecular formula is C80H63BN4. The van der Waals surface area contributed by atoms with E-state index in [2.05, 4.69) is 331 Å². The third-order valence-corrected chi connectivity index (χ3v) is 19.3. The van der Waals surface area contributed by atoms with Gasteiger partial charge < -0.3 is 19.6 Å². The minimum atomic E-state index is -0.263. The van der Waals surface area contributed by atoms with Crippen LogP contribution in [0.2, 0.25) is 0 Å². The maximum atomic E-state index is 2.80. The highest BCUT2D eigenvalue weighted by atomic mass is 15.3. The van der Waals surface area contributed by atoms with E-state index < -0.39 is 0 Å². The van der Waals surface area contributed by atoms with Crippen LogP contribution in [0.4, 0.5) is 62.6 Å². The molecule has 0 spiro atoms. The first-order valence-corrected chi connectivity index (χ1v) is 30.2. The van der Waals surface area contributed by atoms with E-state index in [0.29, 0.717) is 0 Å². The van der Waals surface area contributed by atoms with Crippen molar-refractivity contribution in [2.45, 2.75) is 50.5 Å². The smallest absolute Gasteiger partial charge is 0.252 e. The van der Waals surface area contributed by atoms with Crippen molar-refractivity contribution in [3.05, 3.63) is 303 Å². The van der Waals surface area contributed by atoms with Crippen LogP contribution in [0.1, 0.15) is 45.1 Å². The molecule has 0 aromatic heterocycles. The second-order valence-corrected chi connectivity index (χ2v) is 24.0. The van der Waals surface area contributed by atoms with E-state index >= 15 is 0 Å². The summed E-state index contributed by atoms with van der Waals surface area (Å²) >= 11 is 0. The molecule has 85 heavy (non-hydrogen) atoms. The Hall–Kier alpha value is -10.1. The van der Waals surface area contributed by atoms with Crippen molar-refractivity contribution in [2.24, 2.45) is 0 Å². The van der Waals surface area contributed by atoms with Gasteiger partial charge in [-0.3, -0.25) is 0 Å². The van der Waals surface area contributed by atoms with Crippen molar-refractivity contribution >= 4 is 85.7 Å². The zero-order valence-corrected chi connectivity index (χ0v) is 48.0. The monoisotopic (exact) mass is 1090 g/mol. The summed E-state index contributed by atoms with van der Waals surface area (Å²) in [7, 11) is 0. The maximum Gasteiger partial charge on any atom is 0.252 e. The zero-order chi connectivity index (χ0) is 56.6. The quantitative estimate of drug-likeness (QED) is 0.127. The average Bonchev–Trinajstić information content (AvgIpc) is 1.79. The van der Waals surface area contributed by atoms with Gasteiger partial charge in [0.25, 0.3) is 6.71 Å². The lowest BCUT2D eigenvalue weighted by Gasteiger charge is -2.51. The topological polar surface area (TPSA) is 13.0 Å². The van der Waals surface area contributed by atoms with Gasteiger partial charge in [-0.15, -0.1) is 0 Å². The van der Waals surface area contributed by atoms with E-state index in [-0.39, 0.29) is 17.7 Å². The van der Waals surface area contributed by atoms with Gasteiger partial charge in [-0.2, -0.15) is 0 Å². The van der Waals surface area contributed by atoms with Gasteiger partial charge in [0.1, 0.15) is 0 Å². The predicted octanol–water partition coefficient (Wildman–Crippen LogP) is 19.6. The molecule has 0 amide bonds. The van der Waals surface area contributed by atoms with Crippen LogP contribution in [0.3, 0.4) is 0 Å². The van der Waals surface area contributed by atoms with Crippen LogP contribution < -0.4 is 36.0 Å². The lowest BCUT2D eigenvalue weighted by Crippen LogP contribution is -2.61. The number of nitrogens with zero attached hydrogens (tertiary/aromatic N) is 4. The Balaban J connectivity index is 0.987. The minimum Gasteiger partial charge on any atom is -0.334 e. The lowest BCUT2D eigenvalue weighted by atomic mass is 9.33. The van der Waals surface area contributed by atoms with Gasteiger partial charge in [0, 0.05) is 68.0 Å². The Morgan fingerprint density at radius 1 is 0.318 bits per heavy atom. The van der Waals surface area contributed by atoms with E-state index in [1.54, 1.807) is 0 Å². The molecule has 4 nitrogen and oxygen atoms in total. The Labute approximate surface area is 500 Å². The predicted molar refractivity (Wildman–Crippen MR) is 360 cm³/mol. The molecule has 2 atom stereocenters. The molecule has 0 saturated heterocycles. The summed E-state index contributed by atoms with van der Waals surface area (Å²) < 4.78 is 0. The molecule has 0 bridgehead atoms. The summed E-state index contributed by atoms with van der Waals surface area (Å²) in [4.78, 5) is 10.4. The number of hydrogen-bond donors (Lipinski definition) is 0. The fourth-order valence-electron chi connectivity index (χ4n) is 15.0. The van der Waals surface area contributed by atoms with E-state index in [4.69, 9.17) is 0 Å². The SMILES string of the molecule is CC12CCCCC1(C)N(c1cc3c4c(c1)N(c1cccc(-c5ccccc5)c1)c1cc(-c5ccccc5)ccc1B4c1cc(-c4ccccc4)ccc1N3c1ccc(-c3ccccc3)cc1)c1ccc(N(c3ccccc3)c3ccccc3)cc12. The van der Waals surface area contributed by atoms with Crippen molar-refractivity contribution in [1.82, 2.24) is 0 Å². The Kier molecular flexibility index (Phi) is 12.1. The molecule has 3 heterocycles. The van der Waals surface area contributed by atoms with Crippen molar-refractivity contribution in [3.8, 4) is 44.5 Å². The lowest BCUT2D eigenvalue weighted by molar-refractivity contribution is 0.195. The fourth-order valence-corrected chi connectivity index (χ4v) is 15.0. The van der Waals surface area contributed by atoms with Gasteiger partial charge in [0.2, 0.25) is 0 Å². The van der Waals surface area contributed by atoms with Crippen LogP contribution in [-0.2, 0) is 5.41 Å². The number of rotatable bonds is 10. The van der Waals surface area contributed by atoms with Crippen LogP contribution in [-0.4, -0.2) is 12.3 Å². The van der Waals surface area contributed by atoms with Gasteiger partial charge in [-0.25, -0.2) is 0 Å². The van der Waals surface area contributed by atoms with Gasteiger partial charge in [0.15, 0.2) is 0 Å². The Bertz CT molecular complexity index is 4420. The average molecular weight is 1090 g/mol. The summed E-state index contributed by atoms with van der Waals surface area (Å²) in [5.41, 5.74) is 27.3. The highest BCUT2D eigenvalue weighted by molar-refractivity contribution is 7.00. The molecule has 16 rings (SSSR count). The summed E-state index contributed by atoms with van der Waals surface area (Å²) in [5.74, 6) is 0.